The Morgan fingerprint density at radius 1 is 1.44 bits per heavy atom. The molecular formula is C13H19ClFN. The van der Waals surface area contributed by atoms with E-state index in [9.17, 15) is 4.39 Å². The lowest BCUT2D eigenvalue weighted by molar-refractivity contribution is 0.431. The van der Waals surface area contributed by atoms with Gasteiger partial charge in [-0.2, -0.15) is 0 Å². The van der Waals surface area contributed by atoms with Gasteiger partial charge in [-0.05, 0) is 30.7 Å². The number of likely N-dealkylation sites (N-methyl/N-ethyl adjacent to an activating group) is 1. The van der Waals surface area contributed by atoms with Crippen molar-refractivity contribution >= 4 is 11.6 Å². The summed E-state index contributed by atoms with van der Waals surface area (Å²) in [6.45, 7) is 5.22. The molecule has 16 heavy (non-hydrogen) atoms. The van der Waals surface area contributed by atoms with Gasteiger partial charge >= 0.3 is 0 Å². The van der Waals surface area contributed by atoms with Gasteiger partial charge in [-0.3, -0.25) is 0 Å². The third-order valence-corrected chi connectivity index (χ3v) is 3.44. The lowest BCUT2D eigenvalue weighted by Crippen LogP contribution is -2.22. The van der Waals surface area contributed by atoms with E-state index in [0.29, 0.717) is 16.9 Å². The molecule has 0 spiro atoms. The molecule has 0 amide bonds. The van der Waals surface area contributed by atoms with Crippen LogP contribution in [0.15, 0.2) is 18.2 Å². The van der Waals surface area contributed by atoms with Crippen LogP contribution >= 0.6 is 11.6 Å². The number of rotatable bonds is 5. The molecule has 1 N–H and O–H groups in total. The van der Waals surface area contributed by atoms with Crippen LogP contribution in [0.25, 0.3) is 0 Å². The third-order valence-electron chi connectivity index (χ3n) is 3.12. The Morgan fingerprint density at radius 3 is 2.62 bits per heavy atom. The summed E-state index contributed by atoms with van der Waals surface area (Å²) < 4.78 is 13.0. The van der Waals surface area contributed by atoms with Crippen molar-refractivity contribution in [1.29, 1.82) is 0 Å². The zero-order chi connectivity index (χ0) is 12.1. The van der Waals surface area contributed by atoms with Crippen molar-refractivity contribution in [3.05, 3.63) is 34.6 Å². The molecule has 0 aromatic heterocycles. The molecule has 3 heteroatoms. The first-order valence-electron chi connectivity index (χ1n) is 5.69. The monoisotopic (exact) mass is 243 g/mol. The Kier molecular flexibility index (Phi) is 5.23. The Bertz CT molecular complexity index is 341. The highest BCUT2D eigenvalue weighted by Crippen LogP contribution is 2.31. The molecule has 1 aromatic carbocycles. The van der Waals surface area contributed by atoms with Crippen LogP contribution in [0.4, 0.5) is 4.39 Å². The minimum Gasteiger partial charge on any atom is -0.319 e. The molecule has 2 unspecified atom stereocenters. The van der Waals surface area contributed by atoms with Crippen molar-refractivity contribution in [1.82, 2.24) is 5.32 Å². The zero-order valence-electron chi connectivity index (χ0n) is 10.1. The Hall–Kier alpha value is -0.600. The number of nitrogens with one attached hydrogen (secondary N) is 1. The fraction of sp³-hybridized carbons (Fsp3) is 0.538. The Morgan fingerprint density at radius 2 is 2.12 bits per heavy atom. The normalized spacial score (nSPS) is 14.8. The molecule has 1 rings (SSSR count). The van der Waals surface area contributed by atoms with Gasteiger partial charge < -0.3 is 5.32 Å². The maximum atomic E-state index is 13.0. The number of benzene rings is 1. The molecule has 0 heterocycles. The van der Waals surface area contributed by atoms with Crippen molar-refractivity contribution in [3.8, 4) is 0 Å². The molecule has 2 atom stereocenters. The van der Waals surface area contributed by atoms with Crippen LogP contribution in [0.5, 0.6) is 0 Å². The van der Waals surface area contributed by atoms with Gasteiger partial charge in [0.1, 0.15) is 5.82 Å². The van der Waals surface area contributed by atoms with Gasteiger partial charge in [0.05, 0.1) is 0 Å². The van der Waals surface area contributed by atoms with Gasteiger partial charge in [0, 0.05) is 17.5 Å². The topological polar surface area (TPSA) is 12.0 Å². The molecule has 0 aliphatic heterocycles. The summed E-state index contributed by atoms with van der Waals surface area (Å²) in [6.07, 6.45) is 1.08. The van der Waals surface area contributed by atoms with E-state index in [2.05, 4.69) is 19.2 Å². The molecule has 0 aliphatic carbocycles. The van der Waals surface area contributed by atoms with Gasteiger partial charge in [0.2, 0.25) is 0 Å². The van der Waals surface area contributed by atoms with Crippen LogP contribution in [0, 0.1) is 11.7 Å². The second-order valence-corrected chi connectivity index (χ2v) is 4.62. The van der Waals surface area contributed by atoms with Crippen LogP contribution in [0.3, 0.4) is 0 Å². The molecule has 1 aromatic rings. The standard InChI is InChI=1S/C13H19ClFN/c1-4-9(2)12(8-16-3)11-6-5-10(15)7-13(11)14/h5-7,9,12,16H,4,8H2,1-3H3. The van der Waals surface area contributed by atoms with Crippen LogP contribution in [0.2, 0.25) is 5.02 Å². The van der Waals surface area contributed by atoms with E-state index in [-0.39, 0.29) is 5.82 Å². The summed E-state index contributed by atoms with van der Waals surface area (Å²) in [5, 5.41) is 3.70. The van der Waals surface area contributed by atoms with Crippen molar-refractivity contribution in [2.75, 3.05) is 13.6 Å². The van der Waals surface area contributed by atoms with E-state index in [1.54, 1.807) is 6.07 Å². The molecule has 0 bridgehead atoms. The summed E-state index contributed by atoms with van der Waals surface area (Å²) in [7, 11) is 1.92. The first-order chi connectivity index (χ1) is 7.60. The van der Waals surface area contributed by atoms with Crippen LogP contribution < -0.4 is 5.32 Å². The van der Waals surface area contributed by atoms with E-state index in [4.69, 9.17) is 11.6 Å². The molecule has 90 valence electrons. The SMILES string of the molecule is CCC(C)C(CNC)c1ccc(F)cc1Cl. The van der Waals surface area contributed by atoms with E-state index < -0.39 is 0 Å². The summed E-state index contributed by atoms with van der Waals surface area (Å²) in [6, 6.07) is 4.67. The predicted molar refractivity (Wildman–Crippen MR) is 67.5 cm³/mol. The van der Waals surface area contributed by atoms with Crippen LogP contribution in [-0.2, 0) is 0 Å². The summed E-state index contributed by atoms with van der Waals surface area (Å²) in [4.78, 5) is 0. The molecule has 0 saturated heterocycles. The highest BCUT2D eigenvalue weighted by Gasteiger charge is 2.19. The minimum atomic E-state index is -0.277. The largest absolute Gasteiger partial charge is 0.319 e. The van der Waals surface area contributed by atoms with Crippen molar-refractivity contribution in [2.45, 2.75) is 26.2 Å². The molecule has 1 nitrogen and oxygen atoms in total. The van der Waals surface area contributed by atoms with Crippen LogP contribution in [0.1, 0.15) is 31.7 Å². The van der Waals surface area contributed by atoms with E-state index in [0.717, 1.165) is 18.5 Å². The quantitative estimate of drug-likeness (QED) is 0.829. The number of hydrogen-bond donors (Lipinski definition) is 1. The zero-order valence-corrected chi connectivity index (χ0v) is 10.8. The average Bonchev–Trinajstić information content (AvgIpc) is 2.26. The summed E-state index contributed by atoms with van der Waals surface area (Å²) >= 11 is 6.09. The number of hydrogen-bond acceptors (Lipinski definition) is 1. The van der Waals surface area contributed by atoms with Crippen LogP contribution in [-0.4, -0.2) is 13.6 Å². The maximum absolute atomic E-state index is 13.0. The predicted octanol–water partition coefficient (Wildman–Crippen LogP) is 3.83. The lowest BCUT2D eigenvalue weighted by Gasteiger charge is -2.24. The van der Waals surface area contributed by atoms with Gasteiger partial charge in [-0.15, -0.1) is 0 Å². The molecule has 0 aliphatic rings. The minimum absolute atomic E-state index is 0.277. The molecule has 0 radical (unpaired) electrons. The second-order valence-electron chi connectivity index (χ2n) is 4.22. The highest BCUT2D eigenvalue weighted by molar-refractivity contribution is 6.31. The fourth-order valence-corrected chi connectivity index (χ4v) is 2.23. The van der Waals surface area contributed by atoms with Crippen molar-refractivity contribution < 1.29 is 4.39 Å². The molecule has 0 saturated carbocycles. The summed E-state index contributed by atoms with van der Waals surface area (Å²) in [5.41, 5.74) is 1.03. The highest BCUT2D eigenvalue weighted by atomic mass is 35.5. The lowest BCUT2D eigenvalue weighted by atomic mass is 9.85. The van der Waals surface area contributed by atoms with E-state index in [1.165, 1.54) is 12.1 Å². The Labute approximate surface area is 102 Å². The first-order valence-corrected chi connectivity index (χ1v) is 6.07. The first kappa shape index (κ1) is 13.5. The van der Waals surface area contributed by atoms with Crippen molar-refractivity contribution in [3.63, 3.8) is 0 Å². The van der Waals surface area contributed by atoms with E-state index in [1.807, 2.05) is 7.05 Å². The molecule has 0 fully saturated rings. The third kappa shape index (κ3) is 3.19. The summed E-state index contributed by atoms with van der Waals surface area (Å²) in [5.74, 6) is 0.583. The fourth-order valence-electron chi connectivity index (χ4n) is 1.92. The smallest absolute Gasteiger partial charge is 0.124 e. The van der Waals surface area contributed by atoms with Crippen molar-refractivity contribution in [2.24, 2.45) is 5.92 Å². The van der Waals surface area contributed by atoms with Gasteiger partial charge in [-0.25, -0.2) is 4.39 Å². The van der Waals surface area contributed by atoms with Gasteiger partial charge in [0.25, 0.3) is 0 Å². The molecular weight excluding hydrogens is 225 g/mol. The second kappa shape index (κ2) is 6.21. The van der Waals surface area contributed by atoms with Gasteiger partial charge in [-0.1, -0.05) is 37.9 Å². The maximum Gasteiger partial charge on any atom is 0.124 e. The average molecular weight is 244 g/mol. The van der Waals surface area contributed by atoms with Gasteiger partial charge in [0.15, 0.2) is 0 Å². The van der Waals surface area contributed by atoms with E-state index >= 15 is 0 Å². The number of halogens is 2. The Balaban J connectivity index is 3.00.